The standard InChI is InChI=1S/C28H29NO5/c1-2-31-28(21-6-4-3-5-7-21)22-10-12-24-23(17-22)18-29(14-15-32-24)27(30)13-9-20-8-11-25-26(16-20)34-19-33-25/h3-8,10-12,16-17,28H,2,9,13-15,18-19H2,1H3/t28-/m0/s1. The Kier molecular flexibility index (Phi) is 6.67. The molecular weight excluding hydrogens is 430 g/mol. The summed E-state index contributed by atoms with van der Waals surface area (Å²) >= 11 is 0. The number of aryl methyl sites for hydroxylation is 1. The second-order valence-corrected chi connectivity index (χ2v) is 8.46. The first-order valence-electron chi connectivity index (χ1n) is 11.8. The van der Waals surface area contributed by atoms with E-state index in [9.17, 15) is 4.79 Å². The Morgan fingerprint density at radius 2 is 1.76 bits per heavy atom. The highest BCUT2D eigenvalue weighted by molar-refractivity contribution is 5.76. The summed E-state index contributed by atoms with van der Waals surface area (Å²) in [4.78, 5) is 15.0. The molecule has 1 atom stereocenters. The molecule has 0 fully saturated rings. The zero-order valence-corrected chi connectivity index (χ0v) is 19.4. The molecule has 1 amide bonds. The Morgan fingerprint density at radius 1 is 0.941 bits per heavy atom. The minimum Gasteiger partial charge on any atom is -0.491 e. The molecule has 0 spiro atoms. The molecule has 3 aromatic carbocycles. The predicted octanol–water partition coefficient (Wildman–Crippen LogP) is 4.90. The average Bonchev–Trinajstić information content (AvgIpc) is 3.24. The molecular formula is C28H29NO5. The van der Waals surface area contributed by atoms with Crippen LogP contribution in [0.4, 0.5) is 0 Å². The predicted molar refractivity (Wildman–Crippen MR) is 128 cm³/mol. The van der Waals surface area contributed by atoms with Crippen LogP contribution in [0.2, 0.25) is 0 Å². The Morgan fingerprint density at radius 3 is 2.62 bits per heavy atom. The number of rotatable bonds is 7. The van der Waals surface area contributed by atoms with Gasteiger partial charge in [-0.2, -0.15) is 0 Å². The maximum atomic E-state index is 13.1. The van der Waals surface area contributed by atoms with Crippen molar-refractivity contribution in [3.63, 3.8) is 0 Å². The molecule has 2 aliphatic rings. The lowest BCUT2D eigenvalue weighted by atomic mass is 9.98. The van der Waals surface area contributed by atoms with Crippen molar-refractivity contribution in [2.45, 2.75) is 32.4 Å². The number of ether oxygens (including phenoxy) is 4. The number of carbonyl (C=O) groups is 1. The molecule has 0 N–H and O–H groups in total. The fourth-order valence-electron chi connectivity index (χ4n) is 4.48. The molecule has 2 heterocycles. The largest absolute Gasteiger partial charge is 0.491 e. The van der Waals surface area contributed by atoms with Gasteiger partial charge in [-0.1, -0.05) is 42.5 Å². The molecule has 0 radical (unpaired) electrons. The molecule has 34 heavy (non-hydrogen) atoms. The van der Waals surface area contributed by atoms with Crippen LogP contribution in [0.5, 0.6) is 17.2 Å². The molecule has 176 valence electrons. The molecule has 0 saturated carbocycles. The summed E-state index contributed by atoms with van der Waals surface area (Å²) in [6.07, 6.45) is 0.926. The summed E-state index contributed by atoms with van der Waals surface area (Å²) in [5, 5.41) is 0. The molecule has 0 unspecified atom stereocenters. The Balaban J connectivity index is 1.30. The molecule has 3 aromatic rings. The highest BCUT2D eigenvalue weighted by atomic mass is 16.7. The van der Waals surface area contributed by atoms with E-state index in [2.05, 4.69) is 24.3 Å². The Hall–Kier alpha value is -3.51. The van der Waals surface area contributed by atoms with Crippen LogP contribution in [0.25, 0.3) is 0 Å². The second-order valence-electron chi connectivity index (χ2n) is 8.46. The van der Waals surface area contributed by atoms with Gasteiger partial charge < -0.3 is 23.8 Å². The number of hydrogen-bond donors (Lipinski definition) is 0. The molecule has 6 nitrogen and oxygen atoms in total. The first-order valence-corrected chi connectivity index (χ1v) is 11.8. The van der Waals surface area contributed by atoms with Gasteiger partial charge in [0.2, 0.25) is 12.7 Å². The monoisotopic (exact) mass is 459 g/mol. The van der Waals surface area contributed by atoms with Crippen LogP contribution in [0.15, 0.2) is 66.7 Å². The van der Waals surface area contributed by atoms with Crippen molar-refractivity contribution in [2.75, 3.05) is 26.6 Å². The van der Waals surface area contributed by atoms with Gasteiger partial charge in [0.15, 0.2) is 11.5 Å². The van der Waals surface area contributed by atoms with Gasteiger partial charge in [-0.3, -0.25) is 4.79 Å². The third kappa shape index (κ3) is 4.87. The van der Waals surface area contributed by atoms with E-state index in [1.165, 1.54) is 0 Å². The maximum Gasteiger partial charge on any atom is 0.231 e. The van der Waals surface area contributed by atoms with Gasteiger partial charge >= 0.3 is 0 Å². The lowest BCUT2D eigenvalue weighted by Crippen LogP contribution is -2.32. The number of amides is 1. The van der Waals surface area contributed by atoms with Crippen molar-refractivity contribution in [1.29, 1.82) is 0 Å². The molecule has 5 rings (SSSR count). The first-order chi connectivity index (χ1) is 16.7. The summed E-state index contributed by atoms with van der Waals surface area (Å²) in [6, 6.07) is 22.2. The summed E-state index contributed by atoms with van der Waals surface area (Å²) < 4.78 is 22.9. The third-order valence-electron chi connectivity index (χ3n) is 6.22. The van der Waals surface area contributed by atoms with Gasteiger partial charge in [-0.05, 0) is 54.3 Å². The smallest absolute Gasteiger partial charge is 0.231 e. The topological polar surface area (TPSA) is 57.2 Å². The van der Waals surface area contributed by atoms with Crippen LogP contribution in [0, 0.1) is 0 Å². The van der Waals surface area contributed by atoms with Gasteiger partial charge in [0, 0.05) is 25.1 Å². The minimum atomic E-state index is -0.157. The highest BCUT2D eigenvalue weighted by Gasteiger charge is 2.23. The average molecular weight is 460 g/mol. The molecule has 0 bridgehead atoms. The van der Waals surface area contributed by atoms with Crippen molar-refractivity contribution >= 4 is 5.91 Å². The van der Waals surface area contributed by atoms with Crippen molar-refractivity contribution in [2.24, 2.45) is 0 Å². The highest BCUT2D eigenvalue weighted by Crippen LogP contribution is 2.34. The normalized spacial score (nSPS) is 15.3. The summed E-state index contributed by atoms with van der Waals surface area (Å²) in [7, 11) is 0. The van der Waals surface area contributed by atoms with Crippen molar-refractivity contribution in [1.82, 2.24) is 4.90 Å². The number of carbonyl (C=O) groups excluding carboxylic acids is 1. The van der Waals surface area contributed by atoms with Gasteiger partial charge in [0.05, 0.1) is 6.54 Å². The zero-order chi connectivity index (χ0) is 23.3. The minimum absolute atomic E-state index is 0.115. The van der Waals surface area contributed by atoms with E-state index < -0.39 is 0 Å². The van der Waals surface area contributed by atoms with Crippen LogP contribution >= 0.6 is 0 Å². The van der Waals surface area contributed by atoms with E-state index in [0.29, 0.717) is 39.1 Å². The van der Waals surface area contributed by atoms with Gasteiger partial charge in [-0.25, -0.2) is 0 Å². The van der Waals surface area contributed by atoms with Gasteiger partial charge in [-0.15, -0.1) is 0 Å². The second kappa shape index (κ2) is 10.2. The molecule has 6 heteroatoms. The quantitative estimate of drug-likeness (QED) is 0.503. The van der Waals surface area contributed by atoms with E-state index in [-0.39, 0.29) is 18.8 Å². The van der Waals surface area contributed by atoms with E-state index in [1.54, 1.807) is 0 Å². The summed E-state index contributed by atoms with van der Waals surface area (Å²) in [5.74, 6) is 2.45. The number of benzene rings is 3. The lowest BCUT2D eigenvalue weighted by molar-refractivity contribution is -0.131. The fourth-order valence-corrected chi connectivity index (χ4v) is 4.48. The number of nitrogens with zero attached hydrogens (tertiary/aromatic N) is 1. The summed E-state index contributed by atoms with van der Waals surface area (Å²) in [6.45, 7) is 4.44. The van der Waals surface area contributed by atoms with E-state index in [1.807, 2.05) is 54.3 Å². The first kappa shape index (κ1) is 22.3. The van der Waals surface area contributed by atoms with E-state index in [4.69, 9.17) is 18.9 Å². The van der Waals surface area contributed by atoms with Crippen molar-refractivity contribution < 1.29 is 23.7 Å². The number of fused-ring (bicyclic) bond motifs is 2. The van der Waals surface area contributed by atoms with Gasteiger partial charge in [0.25, 0.3) is 0 Å². The number of hydrogen-bond acceptors (Lipinski definition) is 5. The van der Waals surface area contributed by atoms with Crippen molar-refractivity contribution in [3.05, 3.63) is 89.0 Å². The fraction of sp³-hybridized carbons (Fsp3) is 0.321. The van der Waals surface area contributed by atoms with E-state index >= 15 is 0 Å². The molecule has 0 aromatic heterocycles. The van der Waals surface area contributed by atoms with Crippen LogP contribution in [0.1, 0.15) is 41.7 Å². The van der Waals surface area contributed by atoms with Crippen LogP contribution < -0.4 is 14.2 Å². The van der Waals surface area contributed by atoms with Crippen LogP contribution in [-0.4, -0.2) is 37.4 Å². The Bertz CT molecular complexity index is 1150. The molecule has 0 aliphatic carbocycles. The lowest BCUT2D eigenvalue weighted by Gasteiger charge is -2.22. The third-order valence-corrected chi connectivity index (χ3v) is 6.22. The molecule has 0 saturated heterocycles. The summed E-state index contributed by atoms with van der Waals surface area (Å²) in [5.41, 5.74) is 4.24. The zero-order valence-electron chi connectivity index (χ0n) is 19.4. The van der Waals surface area contributed by atoms with E-state index in [0.717, 1.165) is 39.5 Å². The van der Waals surface area contributed by atoms with Crippen molar-refractivity contribution in [3.8, 4) is 17.2 Å². The van der Waals surface area contributed by atoms with Crippen LogP contribution in [-0.2, 0) is 22.5 Å². The SMILES string of the molecule is CCO[C@@H](c1ccccc1)c1ccc2c(c1)CN(C(=O)CCc1ccc3c(c1)OCO3)CCO2. The van der Waals surface area contributed by atoms with Crippen LogP contribution in [0.3, 0.4) is 0 Å². The maximum absolute atomic E-state index is 13.1. The van der Waals surface area contributed by atoms with Gasteiger partial charge in [0.1, 0.15) is 18.5 Å². The molecule has 2 aliphatic heterocycles. The Labute approximate surface area is 200 Å².